The number of halogens is 3. The molecule has 0 aliphatic heterocycles. The molecule has 0 atom stereocenters. The minimum absolute atomic E-state index is 0.0392. The van der Waals surface area contributed by atoms with Crippen LogP contribution in [0.25, 0.3) is 11.6 Å². The molecule has 2 aromatic rings. The van der Waals surface area contributed by atoms with E-state index >= 15 is 0 Å². The molecule has 21 heavy (non-hydrogen) atoms. The summed E-state index contributed by atoms with van der Waals surface area (Å²) in [6.07, 6.45) is -0.985. The molecule has 2 heterocycles. The average Bonchev–Trinajstić information content (AvgIpc) is 2.94. The number of nitrogens with zero attached hydrogens (tertiary/aromatic N) is 4. The van der Waals surface area contributed by atoms with E-state index in [4.69, 9.17) is 4.52 Å². The summed E-state index contributed by atoms with van der Waals surface area (Å²) in [6.45, 7) is 3.00. The lowest BCUT2D eigenvalue weighted by molar-refractivity contribution is -0.143. The zero-order valence-electron chi connectivity index (χ0n) is 11.7. The highest BCUT2D eigenvalue weighted by molar-refractivity contribution is 5.55. The first-order valence-corrected chi connectivity index (χ1v) is 6.67. The normalized spacial score (nSPS) is 17.8. The average molecular weight is 300 g/mol. The van der Waals surface area contributed by atoms with Gasteiger partial charge in [0.2, 0.25) is 0 Å². The van der Waals surface area contributed by atoms with Crippen molar-refractivity contribution in [2.75, 3.05) is 0 Å². The van der Waals surface area contributed by atoms with Crippen molar-refractivity contribution in [2.45, 2.75) is 45.8 Å². The summed E-state index contributed by atoms with van der Waals surface area (Å²) >= 11 is 0. The van der Waals surface area contributed by atoms with Crippen LogP contribution in [0.15, 0.2) is 10.9 Å². The van der Waals surface area contributed by atoms with Gasteiger partial charge in [-0.15, -0.1) is 0 Å². The summed E-state index contributed by atoms with van der Waals surface area (Å²) in [5.41, 5.74) is 1.75. The third-order valence-electron chi connectivity index (χ3n) is 3.76. The minimum atomic E-state index is -4.31. The topological polar surface area (TPSA) is 56.7 Å². The zero-order valence-corrected chi connectivity index (χ0v) is 11.7. The lowest BCUT2D eigenvalue weighted by Gasteiger charge is -2.30. The van der Waals surface area contributed by atoms with E-state index in [9.17, 15) is 13.2 Å². The van der Waals surface area contributed by atoms with E-state index in [1.807, 2.05) is 13.8 Å². The first-order valence-electron chi connectivity index (χ1n) is 6.67. The molecule has 0 spiro atoms. The van der Waals surface area contributed by atoms with Gasteiger partial charge in [-0.2, -0.15) is 23.3 Å². The third-order valence-corrected chi connectivity index (χ3v) is 3.76. The molecule has 1 aliphatic rings. The van der Waals surface area contributed by atoms with Crippen molar-refractivity contribution in [3.8, 4) is 11.6 Å². The Morgan fingerprint density at radius 1 is 1.38 bits per heavy atom. The number of aromatic nitrogens is 4. The molecule has 0 bridgehead atoms. The molecule has 0 radical (unpaired) electrons. The van der Waals surface area contributed by atoms with Gasteiger partial charge in [-0.05, 0) is 24.7 Å². The van der Waals surface area contributed by atoms with Gasteiger partial charge < -0.3 is 4.52 Å². The Kier molecular flexibility index (Phi) is 3.07. The van der Waals surface area contributed by atoms with Gasteiger partial charge >= 0.3 is 6.18 Å². The minimum Gasteiger partial charge on any atom is -0.332 e. The molecule has 0 fully saturated rings. The molecule has 2 aromatic heterocycles. The Labute approximate surface area is 119 Å². The number of rotatable bonds is 2. The summed E-state index contributed by atoms with van der Waals surface area (Å²) in [7, 11) is 0. The van der Waals surface area contributed by atoms with Crippen molar-refractivity contribution in [2.24, 2.45) is 5.41 Å². The van der Waals surface area contributed by atoms with Gasteiger partial charge in [-0.3, -0.25) is 4.68 Å². The van der Waals surface area contributed by atoms with Crippen molar-refractivity contribution in [1.29, 1.82) is 0 Å². The molecule has 1 aliphatic carbocycles. The van der Waals surface area contributed by atoms with Gasteiger partial charge in [0.1, 0.15) is 6.54 Å². The monoisotopic (exact) mass is 300 g/mol. The second-order valence-electron chi connectivity index (χ2n) is 6.13. The maximum Gasteiger partial charge on any atom is 0.408 e. The second kappa shape index (κ2) is 4.57. The first kappa shape index (κ1) is 14.1. The van der Waals surface area contributed by atoms with E-state index < -0.39 is 12.7 Å². The van der Waals surface area contributed by atoms with Gasteiger partial charge in [0.05, 0.1) is 0 Å². The Bertz CT molecular complexity index is 643. The fourth-order valence-corrected chi connectivity index (χ4v) is 2.75. The zero-order chi connectivity index (χ0) is 15.3. The molecule has 3 rings (SSSR count). The maximum atomic E-state index is 12.7. The number of hydrogen-bond donors (Lipinski definition) is 0. The highest BCUT2D eigenvalue weighted by atomic mass is 19.4. The maximum absolute atomic E-state index is 12.7. The molecule has 114 valence electrons. The lowest BCUT2D eigenvalue weighted by atomic mass is 9.76. The van der Waals surface area contributed by atoms with Crippen LogP contribution in [-0.2, 0) is 19.4 Å². The van der Waals surface area contributed by atoms with E-state index in [0.717, 1.165) is 16.7 Å². The SMILES string of the molecule is CC1(C)CCc2c(-c3ncno3)nn(CC(F)(F)F)c2C1. The third kappa shape index (κ3) is 2.79. The Morgan fingerprint density at radius 2 is 2.14 bits per heavy atom. The number of hydrogen-bond acceptors (Lipinski definition) is 4. The molecule has 0 unspecified atom stereocenters. The van der Waals surface area contributed by atoms with Crippen LogP contribution < -0.4 is 0 Å². The molecule has 0 saturated heterocycles. The molecule has 0 N–H and O–H groups in total. The summed E-state index contributed by atoms with van der Waals surface area (Å²) in [6, 6.07) is 0. The highest BCUT2D eigenvalue weighted by Crippen LogP contribution is 2.39. The van der Waals surface area contributed by atoms with Crippen LogP contribution in [0.3, 0.4) is 0 Å². The van der Waals surface area contributed by atoms with E-state index in [1.165, 1.54) is 6.33 Å². The van der Waals surface area contributed by atoms with Crippen molar-refractivity contribution in [1.82, 2.24) is 19.9 Å². The van der Waals surface area contributed by atoms with Crippen LogP contribution in [0.2, 0.25) is 0 Å². The van der Waals surface area contributed by atoms with Gasteiger partial charge in [0, 0.05) is 11.3 Å². The summed E-state index contributed by atoms with van der Waals surface area (Å²) in [4.78, 5) is 3.91. The quantitative estimate of drug-likeness (QED) is 0.855. The summed E-state index contributed by atoms with van der Waals surface area (Å²) in [5, 5.41) is 7.59. The van der Waals surface area contributed by atoms with Crippen LogP contribution in [0, 0.1) is 5.41 Å². The molecular formula is C13H15F3N4O. The van der Waals surface area contributed by atoms with Crippen molar-refractivity contribution in [3.63, 3.8) is 0 Å². The van der Waals surface area contributed by atoms with Crippen LogP contribution in [0.5, 0.6) is 0 Å². The molecule has 0 aromatic carbocycles. The molecule has 8 heteroatoms. The predicted molar refractivity (Wildman–Crippen MR) is 67.4 cm³/mol. The Hall–Kier alpha value is -1.86. The van der Waals surface area contributed by atoms with Gasteiger partial charge in [-0.1, -0.05) is 19.0 Å². The molecule has 0 amide bonds. The first-order chi connectivity index (χ1) is 9.75. The smallest absolute Gasteiger partial charge is 0.332 e. The number of alkyl halides is 3. The fourth-order valence-electron chi connectivity index (χ4n) is 2.75. The van der Waals surface area contributed by atoms with Crippen LogP contribution in [0.4, 0.5) is 13.2 Å². The van der Waals surface area contributed by atoms with Crippen molar-refractivity contribution >= 4 is 0 Å². The van der Waals surface area contributed by atoms with E-state index in [1.54, 1.807) is 0 Å². The highest BCUT2D eigenvalue weighted by Gasteiger charge is 2.36. The Morgan fingerprint density at radius 3 is 2.76 bits per heavy atom. The predicted octanol–water partition coefficient (Wildman–Crippen LogP) is 3.01. The second-order valence-corrected chi connectivity index (χ2v) is 6.13. The van der Waals surface area contributed by atoms with E-state index in [0.29, 0.717) is 24.2 Å². The van der Waals surface area contributed by atoms with Crippen molar-refractivity contribution in [3.05, 3.63) is 17.6 Å². The van der Waals surface area contributed by atoms with Crippen LogP contribution in [0.1, 0.15) is 31.5 Å². The lowest BCUT2D eigenvalue weighted by Crippen LogP contribution is -2.27. The molecule has 0 saturated carbocycles. The Balaban J connectivity index is 2.08. The molecule has 5 nitrogen and oxygen atoms in total. The van der Waals surface area contributed by atoms with Gasteiger partial charge in [0.15, 0.2) is 12.0 Å². The standard InChI is InChI=1S/C13H15F3N4O/c1-12(2)4-3-8-9(5-12)20(6-13(14,15)16)19-10(8)11-17-7-18-21-11/h7H,3-6H2,1-2H3. The van der Waals surface area contributed by atoms with Crippen molar-refractivity contribution < 1.29 is 17.7 Å². The summed E-state index contributed by atoms with van der Waals surface area (Å²) in [5.74, 6) is 0.173. The molecular weight excluding hydrogens is 285 g/mol. The summed E-state index contributed by atoms with van der Waals surface area (Å²) < 4.78 is 44.2. The largest absolute Gasteiger partial charge is 0.408 e. The van der Waals surface area contributed by atoms with E-state index in [-0.39, 0.29) is 11.3 Å². The van der Waals surface area contributed by atoms with Gasteiger partial charge in [-0.25, -0.2) is 0 Å². The van der Waals surface area contributed by atoms with E-state index in [2.05, 4.69) is 15.2 Å². The number of fused-ring (bicyclic) bond motifs is 1. The van der Waals surface area contributed by atoms with Gasteiger partial charge in [0.25, 0.3) is 5.89 Å². The fraction of sp³-hybridized carbons (Fsp3) is 0.615. The van der Waals surface area contributed by atoms with Crippen LogP contribution >= 0.6 is 0 Å². The van der Waals surface area contributed by atoms with Crippen LogP contribution in [-0.4, -0.2) is 26.1 Å².